The SMILES string of the molecule is O=C(O)C(F)(F)F.O=C(c1cnoc1)N1CCC[C@]2(C[C@@H](OCc3ccccn3)CO2)C1. The monoisotopic (exact) mass is 457 g/mol. The van der Waals surface area contributed by atoms with Gasteiger partial charge < -0.3 is 24.0 Å². The van der Waals surface area contributed by atoms with Crippen molar-refractivity contribution in [3.05, 3.63) is 48.1 Å². The molecule has 0 saturated carbocycles. The minimum absolute atomic E-state index is 0.0349. The van der Waals surface area contributed by atoms with Crippen LogP contribution in [0.3, 0.4) is 0 Å². The second-order valence-corrected chi connectivity index (χ2v) is 7.50. The molecule has 2 atom stereocenters. The minimum Gasteiger partial charge on any atom is -0.475 e. The number of alkyl halides is 3. The van der Waals surface area contributed by atoms with Gasteiger partial charge >= 0.3 is 12.1 Å². The molecular weight excluding hydrogens is 435 g/mol. The fraction of sp³-hybridized carbons (Fsp3) is 0.500. The van der Waals surface area contributed by atoms with Crippen LogP contribution in [-0.2, 0) is 20.9 Å². The van der Waals surface area contributed by atoms with Gasteiger partial charge in [0.1, 0.15) is 6.26 Å². The second-order valence-electron chi connectivity index (χ2n) is 7.50. The van der Waals surface area contributed by atoms with Crippen molar-refractivity contribution < 1.29 is 41.9 Å². The Morgan fingerprint density at radius 2 is 2.12 bits per heavy atom. The first-order valence-corrected chi connectivity index (χ1v) is 9.83. The first-order valence-electron chi connectivity index (χ1n) is 9.83. The molecule has 1 N–H and O–H groups in total. The van der Waals surface area contributed by atoms with Crippen molar-refractivity contribution in [2.45, 2.75) is 43.8 Å². The van der Waals surface area contributed by atoms with E-state index in [0.29, 0.717) is 25.3 Å². The molecule has 2 aromatic rings. The summed E-state index contributed by atoms with van der Waals surface area (Å²) < 4.78 is 48.6. The lowest BCUT2D eigenvalue weighted by atomic mass is 9.89. The molecule has 0 bridgehead atoms. The van der Waals surface area contributed by atoms with Crippen molar-refractivity contribution in [2.24, 2.45) is 0 Å². The van der Waals surface area contributed by atoms with Gasteiger partial charge in [0, 0.05) is 19.2 Å². The van der Waals surface area contributed by atoms with E-state index in [1.807, 2.05) is 23.1 Å². The third kappa shape index (κ3) is 6.26. The molecule has 2 aliphatic rings. The maximum atomic E-state index is 12.5. The Hall–Kier alpha value is -2.99. The number of ether oxygens (including phenoxy) is 2. The summed E-state index contributed by atoms with van der Waals surface area (Å²) in [7, 11) is 0. The number of carboxylic acids is 1. The summed E-state index contributed by atoms with van der Waals surface area (Å²) >= 11 is 0. The van der Waals surface area contributed by atoms with Crippen molar-refractivity contribution in [3.63, 3.8) is 0 Å². The molecular formula is C20H22F3N3O6. The number of carbonyl (C=O) groups is 2. The molecule has 174 valence electrons. The Balaban J connectivity index is 0.000000360. The van der Waals surface area contributed by atoms with E-state index in [4.69, 9.17) is 23.9 Å². The van der Waals surface area contributed by atoms with E-state index in [1.165, 1.54) is 12.5 Å². The molecule has 32 heavy (non-hydrogen) atoms. The lowest BCUT2D eigenvalue weighted by Gasteiger charge is -2.39. The van der Waals surface area contributed by atoms with Gasteiger partial charge in [-0.25, -0.2) is 4.79 Å². The fourth-order valence-electron chi connectivity index (χ4n) is 3.65. The van der Waals surface area contributed by atoms with Gasteiger partial charge in [-0.15, -0.1) is 0 Å². The number of rotatable bonds is 4. The fourth-order valence-corrected chi connectivity index (χ4v) is 3.65. The van der Waals surface area contributed by atoms with Crippen molar-refractivity contribution in [3.8, 4) is 0 Å². The number of aromatic nitrogens is 2. The molecule has 4 heterocycles. The molecule has 1 amide bonds. The zero-order chi connectivity index (χ0) is 23.2. The number of pyridine rings is 1. The topological polar surface area (TPSA) is 115 Å². The van der Waals surface area contributed by atoms with Gasteiger partial charge in [0.05, 0.1) is 48.9 Å². The number of aliphatic carboxylic acids is 1. The second kappa shape index (κ2) is 10.1. The quantitative estimate of drug-likeness (QED) is 0.745. The summed E-state index contributed by atoms with van der Waals surface area (Å²) in [5.74, 6) is -2.81. The number of carboxylic acid groups (broad SMARTS) is 1. The molecule has 2 aromatic heterocycles. The normalized spacial score (nSPS) is 23.0. The van der Waals surface area contributed by atoms with E-state index in [9.17, 15) is 18.0 Å². The Morgan fingerprint density at radius 1 is 1.34 bits per heavy atom. The van der Waals surface area contributed by atoms with Crippen molar-refractivity contribution in [1.82, 2.24) is 15.0 Å². The van der Waals surface area contributed by atoms with Crippen LogP contribution in [0.2, 0.25) is 0 Å². The summed E-state index contributed by atoms with van der Waals surface area (Å²) in [6.45, 7) is 2.35. The van der Waals surface area contributed by atoms with Crippen LogP contribution < -0.4 is 0 Å². The lowest BCUT2D eigenvalue weighted by Crippen LogP contribution is -2.50. The standard InChI is InChI=1S/C18H21N3O4.C2HF3O2/c22-17(14-9-20-25-10-14)21-7-3-5-18(13-21)8-16(12-24-18)23-11-15-4-1-2-6-19-15;3-2(4,5)1(6)7/h1-2,4,6,9-10,16H,3,5,7-8,11-13H2;(H,6,7)/t16-,18+;/m1./s1. The molecule has 0 aromatic carbocycles. The highest BCUT2D eigenvalue weighted by atomic mass is 19.4. The number of halogens is 3. The highest BCUT2D eigenvalue weighted by molar-refractivity contribution is 5.93. The average molecular weight is 457 g/mol. The summed E-state index contributed by atoms with van der Waals surface area (Å²) in [6, 6.07) is 5.79. The van der Waals surface area contributed by atoms with Crippen LogP contribution in [0, 0.1) is 0 Å². The van der Waals surface area contributed by atoms with Gasteiger partial charge in [0.15, 0.2) is 0 Å². The molecule has 0 unspecified atom stereocenters. The predicted molar refractivity (Wildman–Crippen MR) is 101 cm³/mol. The van der Waals surface area contributed by atoms with Crippen LogP contribution in [-0.4, -0.2) is 69.6 Å². The van der Waals surface area contributed by atoms with E-state index in [1.54, 1.807) is 6.20 Å². The van der Waals surface area contributed by atoms with Gasteiger partial charge in [-0.2, -0.15) is 13.2 Å². The van der Waals surface area contributed by atoms with Crippen molar-refractivity contribution >= 4 is 11.9 Å². The average Bonchev–Trinajstić information content (AvgIpc) is 3.43. The van der Waals surface area contributed by atoms with Crippen molar-refractivity contribution in [1.29, 1.82) is 0 Å². The third-order valence-corrected chi connectivity index (χ3v) is 5.12. The molecule has 12 heteroatoms. The van der Waals surface area contributed by atoms with Gasteiger partial charge in [0.2, 0.25) is 0 Å². The maximum Gasteiger partial charge on any atom is 0.490 e. The Labute approximate surface area is 181 Å². The first-order chi connectivity index (χ1) is 15.2. The van der Waals surface area contributed by atoms with E-state index in [-0.39, 0.29) is 17.6 Å². The molecule has 0 aliphatic carbocycles. The van der Waals surface area contributed by atoms with Crippen molar-refractivity contribution in [2.75, 3.05) is 19.7 Å². The Kier molecular flexibility index (Phi) is 7.46. The summed E-state index contributed by atoms with van der Waals surface area (Å²) in [4.78, 5) is 27.5. The van der Waals surface area contributed by atoms with Crippen LogP contribution in [0.1, 0.15) is 35.3 Å². The number of carbonyl (C=O) groups excluding carboxylic acids is 1. The molecule has 9 nitrogen and oxygen atoms in total. The minimum atomic E-state index is -5.08. The van der Waals surface area contributed by atoms with Gasteiger partial charge in [-0.1, -0.05) is 11.2 Å². The highest BCUT2D eigenvalue weighted by Crippen LogP contribution is 2.36. The summed E-state index contributed by atoms with van der Waals surface area (Å²) in [5, 5.41) is 10.7. The van der Waals surface area contributed by atoms with E-state index in [2.05, 4.69) is 10.1 Å². The van der Waals surface area contributed by atoms with Crippen LogP contribution in [0.4, 0.5) is 13.2 Å². The van der Waals surface area contributed by atoms with Gasteiger partial charge in [0.25, 0.3) is 5.91 Å². The Morgan fingerprint density at radius 3 is 2.75 bits per heavy atom. The van der Waals surface area contributed by atoms with Crippen LogP contribution in [0.25, 0.3) is 0 Å². The summed E-state index contributed by atoms with van der Waals surface area (Å²) in [6.07, 6.45) is 2.23. The molecule has 2 fully saturated rings. The van der Waals surface area contributed by atoms with Gasteiger partial charge in [-0.3, -0.25) is 9.78 Å². The highest BCUT2D eigenvalue weighted by Gasteiger charge is 2.45. The molecule has 4 rings (SSSR count). The van der Waals surface area contributed by atoms with Crippen LogP contribution >= 0.6 is 0 Å². The van der Waals surface area contributed by atoms with E-state index >= 15 is 0 Å². The zero-order valence-electron chi connectivity index (χ0n) is 17.0. The van der Waals surface area contributed by atoms with E-state index in [0.717, 1.165) is 31.5 Å². The summed E-state index contributed by atoms with van der Waals surface area (Å²) in [5.41, 5.74) is 1.09. The third-order valence-electron chi connectivity index (χ3n) is 5.12. The molecule has 2 saturated heterocycles. The van der Waals surface area contributed by atoms with Gasteiger partial charge in [-0.05, 0) is 25.0 Å². The molecule has 0 radical (unpaired) electrons. The Bertz CT molecular complexity index is 894. The number of piperidine rings is 1. The predicted octanol–water partition coefficient (Wildman–Crippen LogP) is 2.68. The van der Waals surface area contributed by atoms with Crippen LogP contribution in [0.15, 0.2) is 41.4 Å². The number of amides is 1. The molecule has 2 aliphatic heterocycles. The number of hydrogen-bond acceptors (Lipinski definition) is 7. The maximum absolute atomic E-state index is 12.5. The number of nitrogens with zero attached hydrogens (tertiary/aromatic N) is 3. The van der Waals surface area contributed by atoms with E-state index < -0.39 is 12.1 Å². The molecule has 1 spiro atoms. The van der Waals surface area contributed by atoms with Crippen LogP contribution in [0.5, 0.6) is 0 Å². The largest absolute Gasteiger partial charge is 0.490 e. The number of likely N-dealkylation sites (tertiary alicyclic amines) is 1. The zero-order valence-corrected chi connectivity index (χ0v) is 17.0. The first kappa shape index (κ1) is 23.7. The lowest BCUT2D eigenvalue weighted by molar-refractivity contribution is -0.192. The smallest absolute Gasteiger partial charge is 0.475 e. The number of hydrogen-bond donors (Lipinski definition) is 1.